The van der Waals surface area contributed by atoms with Crippen LogP contribution in [0.3, 0.4) is 0 Å². The Bertz CT molecular complexity index is 1400. The summed E-state index contributed by atoms with van der Waals surface area (Å²) in [5, 5.41) is 5.86. The summed E-state index contributed by atoms with van der Waals surface area (Å²) >= 11 is 0. The first-order valence-corrected chi connectivity index (χ1v) is 14.4. The minimum Gasteiger partial charge on any atom is -0.497 e. The van der Waals surface area contributed by atoms with E-state index in [0.717, 1.165) is 33.4 Å². The van der Waals surface area contributed by atoms with Crippen molar-refractivity contribution in [1.82, 2.24) is 14.7 Å². The van der Waals surface area contributed by atoms with Crippen molar-refractivity contribution in [3.8, 4) is 5.75 Å². The van der Waals surface area contributed by atoms with Crippen LogP contribution in [0.25, 0.3) is 10.9 Å². The minimum atomic E-state index is -0.532. The number of piperazine rings is 1. The number of rotatable bonds is 5. The molecule has 1 atom stereocenters. The molecule has 2 fully saturated rings. The zero-order valence-electron chi connectivity index (χ0n) is 25.9. The summed E-state index contributed by atoms with van der Waals surface area (Å²) in [6, 6.07) is 12.3. The predicted octanol–water partition coefficient (Wildman–Crippen LogP) is 4.84. The smallest absolute Gasteiger partial charge is 0.494 e. The zero-order chi connectivity index (χ0) is 29.7. The van der Waals surface area contributed by atoms with Gasteiger partial charge in [-0.15, -0.1) is 0 Å². The zero-order valence-corrected chi connectivity index (χ0v) is 25.9. The topological polar surface area (TPSA) is 78.3 Å². The van der Waals surface area contributed by atoms with Gasteiger partial charge in [-0.2, -0.15) is 5.10 Å². The van der Waals surface area contributed by atoms with Crippen LogP contribution in [-0.2, 0) is 20.6 Å². The number of amides is 1. The average molecular weight is 563 g/mol. The van der Waals surface area contributed by atoms with Crippen LogP contribution in [0, 0.1) is 0 Å². The molecule has 0 bridgehead atoms. The van der Waals surface area contributed by atoms with Crippen LogP contribution >= 0.6 is 0 Å². The van der Waals surface area contributed by atoms with Crippen molar-refractivity contribution in [2.75, 3.05) is 31.6 Å². The van der Waals surface area contributed by atoms with E-state index in [1.165, 1.54) is 0 Å². The van der Waals surface area contributed by atoms with Gasteiger partial charge in [-0.05, 0) is 90.7 Å². The maximum atomic E-state index is 12.9. The van der Waals surface area contributed by atoms with E-state index in [0.29, 0.717) is 26.2 Å². The van der Waals surface area contributed by atoms with Gasteiger partial charge in [0.15, 0.2) is 0 Å². The molecule has 0 aliphatic carbocycles. The van der Waals surface area contributed by atoms with Gasteiger partial charge < -0.3 is 28.6 Å². The molecule has 0 saturated carbocycles. The Hall–Kier alpha value is -3.24. The summed E-state index contributed by atoms with van der Waals surface area (Å²) in [5.41, 5.74) is 2.69. The normalized spacial score (nSPS) is 20.5. The SMILES string of the molecule is COc1ccc(Cn2ncc3c(N4CCN(C(=O)OC(C)(C)C)[C@H](C)C4)cc(B4OC(C)(C)C(C)(C)O4)cc32)cc1. The number of carbonyl (C=O) groups is 1. The van der Waals surface area contributed by atoms with Crippen molar-refractivity contribution in [1.29, 1.82) is 0 Å². The molecule has 2 aliphatic rings. The Kier molecular flexibility index (Phi) is 7.53. The second-order valence-electron chi connectivity index (χ2n) is 13.2. The van der Waals surface area contributed by atoms with Crippen LogP contribution in [0.1, 0.15) is 61.0 Å². The van der Waals surface area contributed by atoms with Gasteiger partial charge in [0.25, 0.3) is 0 Å². The first-order chi connectivity index (χ1) is 19.2. The maximum Gasteiger partial charge on any atom is 0.494 e. The summed E-state index contributed by atoms with van der Waals surface area (Å²) in [6.45, 7) is 18.6. The Labute approximate surface area is 243 Å². The molecule has 10 heteroatoms. The number of fused-ring (bicyclic) bond motifs is 1. The van der Waals surface area contributed by atoms with Crippen LogP contribution in [0.5, 0.6) is 5.75 Å². The van der Waals surface area contributed by atoms with Crippen LogP contribution in [0.2, 0.25) is 0 Å². The van der Waals surface area contributed by atoms with Gasteiger partial charge in [0.2, 0.25) is 0 Å². The third kappa shape index (κ3) is 5.90. The molecule has 0 N–H and O–H groups in total. The van der Waals surface area contributed by atoms with Crippen LogP contribution in [-0.4, -0.2) is 77.5 Å². The molecule has 0 spiro atoms. The lowest BCUT2D eigenvalue weighted by atomic mass is 9.78. The fourth-order valence-electron chi connectivity index (χ4n) is 5.35. The third-order valence-corrected chi connectivity index (χ3v) is 8.38. The second kappa shape index (κ2) is 10.5. The second-order valence-corrected chi connectivity index (χ2v) is 13.2. The summed E-state index contributed by atoms with van der Waals surface area (Å²) < 4.78 is 26.0. The summed E-state index contributed by atoms with van der Waals surface area (Å²) in [6.07, 6.45) is 1.67. The standard InChI is InChI=1S/C31H43BN4O5/c1-21-19-34(14-15-35(21)28(37)39-29(2,3)4)26-16-23(32-40-30(5,6)31(7,8)41-32)17-27-25(26)18-33-36(27)20-22-10-12-24(38-9)13-11-22/h10-13,16-18,21H,14-15,19-20H2,1-9H3/t21-/m1/s1. The first-order valence-electron chi connectivity index (χ1n) is 14.4. The van der Waals surface area contributed by atoms with Crippen molar-refractivity contribution >= 4 is 35.3 Å². The molecule has 0 unspecified atom stereocenters. The molecule has 3 heterocycles. The number of carbonyl (C=O) groups excluding carboxylic acids is 1. The fourth-order valence-corrected chi connectivity index (χ4v) is 5.35. The van der Waals surface area contributed by atoms with Crippen molar-refractivity contribution in [3.63, 3.8) is 0 Å². The Morgan fingerprint density at radius 1 is 1.07 bits per heavy atom. The van der Waals surface area contributed by atoms with E-state index < -0.39 is 23.9 Å². The lowest BCUT2D eigenvalue weighted by Gasteiger charge is -2.41. The highest BCUT2D eigenvalue weighted by atomic mass is 16.7. The molecular formula is C31H43BN4O5. The number of aromatic nitrogens is 2. The Morgan fingerprint density at radius 2 is 1.73 bits per heavy atom. The highest BCUT2D eigenvalue weighted by molar-refractivity contribution is 6.62. The number of benzene rings is 2. The summed E-state index contributed by atoms with van der Waals surface area (Å²) in [7, 11) is 1.16. The third-order valence-electron chi connectivity index (χ3n) is 8.38. The molecule has 5 rings (SSSR count). The molecule has 41 heavy (non-hydrogen) atoms. The van der Waals surface area contributed by atoms with E-state index in [-0.39, 0.29) is 12.1 Å². The average Bonchev–Trinajstić information content (AvgIpc) is 3.38. The first kappa shape index (κ1) is 29.3. The van der Waals surface area contributed by atoms with Crippen molar-refractivity contribution in [3.05, 3.63) is 48.2 Å². The van der Waals surface area contributed by atoms with Crippen molar-refractivity contribution in [2.45, 2.75) is 84.8 Å². The number of nitrogens with zero attached hydrogens (tertiary/aromatic N) is 4. The fraction of sp³-hybridized carbons (Fsp3) is 0.548. The van der Waals surface area contributed by atoms with Gasteiger partial charge in [-0.3, -0.25) is 4.68 Å². The highest BCUT2D eigenvalue weighted by Crippen LogP contribution is 2.37. The van der Waals surface area contributed by atoms with Gasteiger partial charge >= 0.3 is 13.2 Å². The number of hydrogen-bond acceptors (Lipinski definition) is 7. The molecule has 2 aliphatic heterocycles. The molecular weight excluding hydrogens is 519 g/mol. The maximum absolute atomic E-state index is 12.9. The van der Waals surface area contributed by atoms with E-state index in [1.807, 2.05) is 48.7 Å². The van der Waals surface area contributed by atoms with E-state index in [1.54, 1.807) is 7.11 Å². The van der Waals surface area contributed by atoms with Crippen LogP contribution in [0.15, 0.2) is 42.6 Å². The monoisotopic (exact) mass is 562 g/mol. The summed E-state index contributed by atoms with van der Waals surface area (Å²) in [5.74, 6) is 0.823. The Balaban J connectivity index is 1.50. The van der Waals surface area contributed by atoms with E-state index in [2.05, 4.69) is 63.8 Å². The number of ether oxygens (including phenoxy) is 2. The Morgan fingerprint density at radius 3 is 2.32 bits per heavy atom. The number of anilines is 1. The molecule has 2 saturated heterocycles. The van der Waals surface area contributed by atoms with Crippen molar-refractivity contribution in [2.24, 2.45) is 0 Å². The molecule has 1 amide bonds. The van der Waals surface area contributed by atoms with E-state index >= 15 is 0 Å². The molecule has 0 radical (unpaired) electrons. The largest absolute Gasteiger partial charge is 0.497 e. The van der Waals surface area contributed by atoms with Gasteiger partial charge in [0, 0.05) is 36.7 Å². The van der Waals surface area contributed by atoms with Gasteiger partial charge in [0.1, 0.15) is 11.4 Å². The molecule has 1 aromatic heterocycles. The number of methoxy groups -OCH3 is 1. The van der Waals surface area contributed by atoms with E-state index in [9.17, 15) is 4.79 Å². The lowest BCUT2D eigenvalue weighted by molar-refractivity contribution is 0.00578. The summed E-state index contributed by atoms with van der Waals surface area (Å²) in [4.78, 5) is 17.0. The van der Waals surface area contributed by atoms with Crippen LogP contribution < -0.4 is 15.1 Å². The number of hydrogen-bond donors (Lipinski definition) is 0. The van der Waals surface area contributed by atoms with Gasteiger partial charge in [-0.1, -0.05) is 12.1 Å². The minimum absolute atomic E-state index is 0.0245. The van der Waals surface area contributed by atoms with Gasteiger partial charge in [-0.25, -0.2) is 4.79 Å². The van der Waals surface area contributed by atoms with Gasteiger partial charge in [0.05, 0.1) is 36.6 Å². The molecule has 9 nitrogen and oxygen atoms in total. The molecule has 3 aromatic rings. The lowest BCUT2D eigenvalue weighted by Crippen LogP contribution is -2.55. The van der Waals surface area contributed by atoms with E-state index in [4.69, 9.17) is 23.9 Å². The molecule has 220 valence electrons. The van der Waals surface area contributed by atoms with Crippen molar-refractivity contribution < 1.29 is 23.6 Å². The molecule has 2 aromatic carbocycles. The predicted molar refractivity (Wildman–Crippen MR) is 162 cm³/mol. The quantitative estimate of drug-likeness (QED) is 0.412. The highest BCUT2D eigenvalue weighted by Gasteiger charge is 2.52. The van der Waals surface area contributed by atoms with Crippen LogP contribution in [0.4, 0.5) is 10.5 Å².